The molecule has 2 aliphatic rings. The van der Waals surface area contributed by atoms with Gasteiger partial charge in [0.25, 0.3) is 0 Å². The highest BCUT2D eigenvalue weighted by Crippen LogP contribution is 2.21. The fourth-order valence-corrected chi connectivity index (χ4v) is 9.80. The number of esters is 5. The average molecular weight is 1560 g/mol. The van der Waals surface area contributed by atoms with Crippen LogP contribution in [0.3, 0.4) is 0 Å². The van der Waals surface area contributed by atoms with Crippen molar-refractivity contribution in [1.29, 1.82) is 0 Å². The van der Waals surface area contributed by atoms with Gasteiger partial charge in [-0.05, 0) is 133 Å². The molecule has 13 N–H and O–H groups in total. The Bertz CT molecular complexity index is 3580. The number of hydrogen-bond acceptors (Lipinski definition) is 21. The number of para-hydroxylation sites is 1. The minimum atomic E-state index is -0.459. The van der Waals surface area contributed by atoms with Crippen LogP contribution in [0, 0.1) is 19.8 Å². The zero-order valence-corrected chi connectivity index (χ0v) is 66.6. The van der Waals surface area contributed by atoms with E-state index in [0.29, 0.717) is 84.9 Å². The van der Waals surface area contributed by atoms with Gasteiger partial charge >= 0.3 is 60.0 Å². The molecule has 0 unspecified atom stereocenters. The molecule has 2 saturated heterocycles. The van der Waals surface area contributed by atoms with E-state index in [1.54, 1.807) is 41.7 Å². The number of nitrogens with zero attached hydrogens (tertiary/aromatic N) is 1. The number of aryl methyl sites for hydroxylation is 2. The molecule has 5 aromatic carbocycles. The van der Waals surface area contributed by atoms with Gasteiger partial charge in [-0.15, -0.1) is 0 Å². The first-order valence-electron chi connectivity index (χ1n) is 37.6. The lowest BCUT2D eigenvalue weighted by Crippen LogP contribution is -2.42. The number of urea groups is 5. The maximum absolute atomic E-state index is 11.7. The highest BCUT2D eigenvalue weighted by atomic mass is 16.5. The number of piperidine rings is 1. The summed E-state index contributed by atoms with van der Waals surface area (Å²) in [6, 6.07) is 39.3. The first-order chi connectivity index (χ1) is 54.0. The number of anilines is 1. The summed E-state index contributed by atoms with van der Waals surface area (Å²) in [6.07, 6.45) is 4.37. The van der Waals surface area contributed by atoms with Crippen molar-refractivity contribution < 1.29 is 81.1 Å². The molecular formula is C81H120N14O17. The van der Waals surface area contributed by atoms with Gasteiger partial charge in [0.2, 0.25) is 0 Å². The third-order valence-electron chi connectivity index (χ3n) is 15.5. The Balaban J connectivity index is 0.000000458. The smallest absolute Gasteiger partial charge is 0.325 e. The van der Waals surface area contributed by atoms with Crippen molar-refractivity contribution in [2.75, 3.05) is 130 Å². The van der Waals surface area contributed by atoms with Gasteiger partial charge in [-0.2, -0.15) is 0 Å². The standard InChI is InChI=1S/C16H23N3O4.C16H24N2.C13H18N2O4.C13H18N2O3.C12H16N2O3.C11H21N3O3/c1-2-23-15(20)12-18-16(21)17-11-13-5-3-4-6-14(13)19-7-9-22-10-8-19;1-5-6-14(3)11-17-15(4)18-12-16-9-7-13(2)8-10-16;1-3-19-12(16)9-15-13(17)14-8-10-5-4-6-11(7-10)18-2;1-3-18-12(16)9-15-13(17)14-8-11-6-4-5-10(2)7-11;1-2-17-11(15)9-14-12(16)13-8-10-6-4-3-5-7-10;1-2-17-10(15)8-14-11(16)13-7-9-3-5-12-6-4-9/h3-6H,2,7-12H2,1H3,(H2,17,18,21);7-10,17-18H,3-6,11-12H2,1-2H3;4-7H,3,8-9H2,1-2H3,(H2,14,15,17);4-7H,3,8-9H2,1-2H3,(H2,14,15,17);3-7H,2,8-9H2,1H3,(H2,13,14,16);9,12H,2-8H2,1H3,(H2,13,14,16). The second-order valence-corrected chi connectivity index (χ2v) is 24.7. The molecule has 0 radical (unpaired) electrons. The molecule has 2 heterocycles. The molecule has 0 spiro atoms. The van der Waals surface area contributed by atoms with Crippen LogP contribution in [0.2, 0.25) is 0 Å². The van der Waals surface area contributed by atoms with Crippen LogP contribution in [0.5, 0.6) is 5.75 Å². The van der Waals surface area contributed by atoms with Crippen LogP contribution < -0.4 is 78.8 Å². The molecule has 10 amide bonds. The number of morpholine rings is 1. The summed E-state index contributed by atoms with van der Waals surface area (Å²) in [4.78, 5) is 115. The molecule has 0 atom stereocenters. The van der Waals surface area contributed by atoms with Crippen LogP contribution in [0.1, 0.15) is 106 Å². The van der Waals surface area contributed by atoms with E-state index in [1.807, 2.05) is 110 Å². The lowest BCUT2D eigenvalue weighted by atomic mass is 9.98. The summed E-state index contributed by atoms with van der Waals surface area (Å²) in [5.41, 5.74) is 9.95. The first kappa shape index (κ1) is 96.5. The maximum Gasteiger partial charge on any atom is 0.325 e. The van der Waals surface area contributed by atoms with Crippen LogP contribution in [-0.2, 0) is 85.1 Å². The van der Waals surface area contributed by atoms with Crippen LogP contribution >= 0.6 is 0 Å². The fourth-order valence-electron chi connectivity index (χ4n) is 9.80. The van der Waals surface area contributed by atoms with E-state index in [2.05, 4.69) is 139 Å². The minimum absolute atomic E-state index is 0.0775. The third-order valence-corrected chi connectivity index (χ3v) is 15.5. The number of benzene rings is 5. The summed E-state index contributed by atoms with van der Waals surface area (Å²) in [7, 11) is 1.58. The monoisotopic (exact) mass is 1560 g/mol. The Hall–Kier alpha value is -11.6. The minimum Gasteiger partial charge on any atom is -0.497 e. The van der Waals surface area contributed by atoms with E-state index in [4.69, 9.17) is 18.9 Å². The van der Waals surface area contributed by atoms with E-state index in [9.17, 15) is 47.9 Å². The molecule has 2 aliphatic heterocycles. The first-order valence-corrected chi connectivity index (χ1v) is 37.6. The number of ether oxygens (including phenoxy) is 7. The summed E-state index contributed by atoms with van der Waals surface area (Å²) in [5.74, 6) is -0.0888. The molecule has 2 fully saturated rings. The average Bonchev–Trinajstić information content (AvgIpc) is 0.843. The fraction of sp³-hybridized carbons (Fsp3) is 0.457. The molecule has 31 nitrogen and oxygen atoms in total. The maximum atomic E-state index is 11.7. The summed E-state index contributed by atoms with van der Waals surface area (Å²) in [6.45, 7) is 32.8. The van der Waals surface area contributed by atoms with E-state index >= 15 is 0 Å². The van der Waals surface area contributed by atoms with Gasteiger partial charge in [0, 0.05) is 64.6 Å². The normalized spacial score (nSPS) is 11.6. The van der Waals surface area contributed by atoms with E-state index in [1.165, 1.54) is 16.7 Å². The van der Waals surface area contributed by atoms with Gasteiger partial charge in [0.15, 0.2) is 0 Å². The van der Waals surface area contributed by atoms with Gasteiger partial charge in [0.05, 0.1) is 59.2 Å². The van der Waals surface area contributed by atoms with Crippen molar-refractivity contribution in [1.82, 2.24) is 69.1 Å². The largest absolute Gasteiger partial charge is 0.497 e. The number of methoxy groups -OCH3 is 1. The van der Waals surface area contributed by atoms with Crippen LogP contribution in [0.25, 0.3) is 0 Å². The van der Waals surface area contributed by atoms with Crippen molar-refractivity contribution in [2.24, 2.45) is 5.92 Å². The summed E-state index contributed by atoms with van der Waals surface area (Å²) in [5, 5.41) is 35.4. The topological polar surface area (TPSA) is 395 Å². The van der Waals surface area contributed by atoms with Crippen LogP contribution in [-0.4, -0.2) is 185 Å². The Morgan fingerprint density at radius 2 is 0.839 bits per heavy atom. The van der Waals surface area contributed by atoms with Crippen LogP contribution in [0.4, 0.5) is 29.7 Å². The molecule has 7 rings (SSSR count). The number of amides is 10. The van der Waals surface area contributed by atoms with Gasteiger partial charge in [-0.25, -0.2) is 24.0 Å². The Morgan fingerprint density at radius 1 is 0.429 bits per heavy atom. The number of carbonyl (C=O) groups is 10. The summed E-state index contributed by atoms with van der Waals surface area (Å²) < 4.78 is 33.9. The van der Waals surface area contributed by atoms with Crippen molar-refractivity contribution >= 4 is 65.7 Å². The van der Waals surface area contributed by atoms with Crippen molar-refractivity contribution in [2.45, 2.75) is 114 Å². The molecule has 0 bridgehead atoms. The quantitative estimate of drug-likeness (QED) is 0.0105. The Morgan fingerprint density at radius 3 is 1.30 bits per heavy atom. The number of nitrogens with one attached hydrogen (secondary N) is 13. The second-order valence-electron chi connectivity index (χ2n) is 24.7. The van der Waals surface area contributed by atoms with E-state index in [-0.39, 0.29) is 50.8 Å². The number of carbonyl (C=O) groups excluding carboxylic acids is 10. The highest BCUT2D eigenvalue weighted by Gasteiger charge is 2.17. The molecule has 5 aromatic rings. The van der Waals surface area contributed by atoms with Gasteiger partial charge < -0.3 is 107 Å². The van der Waals surface area contributed by atoms with Gasteiger partial charge in [-0.3, -0.25) is 24.0 Å². The Labute approximate surface area is 659 Å². The molecule has 0 aromatic heterocycles. The third kappa shape index (κ3) is 49.4. The zero-order valence-electron chi connectivity index (χ0n) is 66.6. The highest BCUT2D eigenvalue weighted by molar-refractivity contribution is 5.83. The second kappa shape index (κ2) is 61.2. The molecule has 0 saturated carbocycles. The Kier molecular flexibility index (Phi) is 52.7. The lowest BCUT2D eigenvalue weighted by molar-refractivity contribution is -0.142. The van der Waals surface area contributed by atoms with Crippen LogP contribution in [0.15, 0.2) is 152 Å². The molecule has 616 valence electrons. The SMILES string of the molecule is C=C(CCC)CNC(=C)NCc1ccc(C)cc1.CCOC(=O)CNC(=O)NCC1CCNCC1.CCOC(=O)CNC(=O)NCc1cccc(C)c1.CCOC(=O)CNC(=O)NCc1cccc(OC)c1.CCOC(=O)CNC(=O)NCc1ccccc1.CCOC(=O)CNC(=O)NCc1ccccc1N1CCOCC1. The van der Waals surface area contributed by atoms with E-state index in [0.717, 1.165) is 110 Å². The molecule has 31 heteroatoms. The zero-order chi connectivity index (χ0) is 82.4. The molecule has 112 heavy (non-hydrogen) atoms. The lowest BCUT2D eigenvalue weighted by Gasteiger charge is -2.30. The number of rotatable bonds is 35. The van der Waals surface area contributed by atoms with Gasteiger partial charge in [-0.1, -0.05) is 152 Å². The van der Waals surface area contributed by atoms with Crippen molar-refractivity contribution in [3.63, 3.8) is 0 Å². The van der Waals surface area contributed by atoms with Gasteiger partial charge in [0.1, 0.15) is 38.5 Å². The van der Waals surface area contributed by atoms with Crippen molar-refractivity contribution in [3.8, 4) is 5.75 Å². The predicted molar refractivity (Wildman–Crippen MR) is 430 cm³/mol. The molecule has 0 aliphatic carbocycles. The summed E-state index contributed by atoms with van der Waals surface area (Å²) >= 11 is 0. The molecular weight excluding hydrogens is 1440 g/mol. The van der Waals surface area contributed by atoms with E-state index < -0.39 is 41.9 Å². The number of hydrogen-bond donors (Lipinski definition) is 13. The van der Waals surface area contributed by atoms with Crippen molar-refractivity contribution in [3.05, 3.63) is 191 Å². The predicted octanol–water partition coefficient (Wildman–Crippen LogP) is 7.70.